The molecule has 0 fully saturated rings. The second-order valence-corrected chi connectivity index (χ2v) is 15.0. The fourth-order valence-corrected chi connectivity index (χ4v) is 7.39. The van der Waals surface area contributed by atoms with Crippen LogP contribution in [0.2, 0.25) is 0 Å². The Labute approximate surface area is 248 Å². The van der Waals surface area contributed by atoms with Crippen molar-refractivity contribution in [3.05, 3.63) is 117 Å². The van der Waals surface area contributed by atoms with E-state index in [9.17, 15) is 10.2 Å². The molecule has 4 aromatic carbocycles. The number of phenolic OH excluding ortho intramolecular Hbond substituents is 2. The van der Waals surface area contributed by atoms with Gasteiger partial charge in [-0.05, 0) is 73.9 Å². The van der Waals surface area contributed by atoms with Gasteiger partial charge in [0.2, 0.25) is 0 Å². The zero-order chi connectivity index (χ0) is 28.7. The van der Waals surface area contributed by atoms with E-state index in [0.717, 1.165) is 40.2 Å². The Kier molecular flexibility index (Phi) is 8.05. The van der Waals surface area contributed by atoms with Gasteiger partial charge in [-0.2, -0.15) is 0 Å². The van der Waals surface area contributed by atoms with Crippen LogP contribution in [0.1, 0.15) is 86.1 Å². The fraction of sp³-hybridized carbons (Fsp3) is 0.333. The van der Waals surface area contributed by atoms with E-state index < -0.39 is 0 Å². The van der Waals surface area contributed by atoms with Crippen molar-refractivity contribution in [2.75, 3.05) is 0 Å². The first-order valence-corrected chi connectivity index (χ1v) is 16.0. The molecule has 1 aliphatic rings. The largest absolute Gasteiger partial charge is 0.507 e. The van der Waals surface area contributed by atoms with E-state index >= 15 is 0 Å². The quantitative estimate of drug-likeness (QED) is 0.221. The van der Waals surface area contributed by atoms with Crippen molar-refractivity contribution in [2.24, 2.45) is 0 Å². The molecule has 0 saturated heterocycles. The number of hydrogen-bond acceptors (Lipinski definition) is 4. The summed E-state index contributed by atoms with van der Waals surface area (Å²) < 4.78 is 0. The monoisotopic (exact) mass is 568 g/mol. The van der Waals surface area contributed by atoms with E-state index in [4.69, 9.17) is 0 Å². The van der Waals surface area contributed by atoms with Crippen LogP contribution in [0.15, 0.2) is 82.6 Å². The normalized spacial score (nSPS) is 14.3. The lowest BCUT2D eigenvalue weighted by molar-refractivity contribution is 0.435. The van der Waals surface area contributed by atoms with Crippen molar-refractivity contribution in [3.8, 4) is 11.5 Å². The molecule has 0 saturated carbocycles. The summed E-state index contributed by atoms with van der Waals surface area (Å²) in [4.78, 5) is 2.58. The number of fused-ring (bicyclic) bond motifs is 6. The maximum absolute atomic E-state index is 11.5. The molecule has 0 atom stereocenters. The highest BCUT2D eigenvalue weighted by molar-refractivity contribution is 7.98. The lowest BCUT2D eigenvalue weighted by Crippen LogP contribution is -2.14. The molecule has 4 heteroatoms. The van der Waals surface area contributed by atoms with Crippen molar-refractivity contribution < 1.29 is 10.2 Å². The topological polar surface area (TPSA) is 40.5 Å². The lowest BCUT2D eigenvalue weighted by Gasteiger charge is -2.26. The van der Waals surface area contributed by atoms with Gasteiger partial charge in [0, 0.05) is 27.7 Å². The molecule has 1 aliphatic heterocycles. The Bertz CT molecular complexity index is 1420. The van der Waals surface area contributed by atoms with Crippen molar-refractivity contribution in [2.45, 2.75) is 86.5 Å². The number of rotatable bonds is 0. The molecule has 2 nitrogen and oxygen atoms in total. The summed E-state index contributed by atoms with van der Waals surface area (Å²) in [5.74, 6) is 2.30. The number of phenols is 2. The van der Waals surface area contributed by atoms with Gasteiger partial charge in [0.25, 0.3) is 0 Å². The lowest BCUT2D eigenvalue weighted by atomic mass is 9.81. The van der Waals surface area contributed by atoms with Crippen LogP contribution >= 0.6 is 23.5 Å². The molecule has 0 aromatic heterocycles. The summed E-state index contributed by atoms with van der Waals surface area (Å²) in [6, 6.07) is 26.1. The molecule has 4 bridgehead atoms. The minimum absolute atomic E-state index is 0.209. The van der Waals surface area contributed by atoms with Gasteiger partial charge in [-0.25, -0.2) is 0 Å². The molecule has 40 heavy (non-hydrogen) atoms. The highest BCUT2D eigenvalue weighted by Crippen LogP contribution is 2.42. The smallest absolute Gasteiger partial charge is 0.122 e. The van der Waals surface area contributed by atoms with Gasteiger partial charge < -0.3 is 10.2 Å². The van der Waals surface area contributed by atoms with E-state index in [-0.39, 0.29) is 10.8 Å². The highest BCUT2D eigenvalue weighted by atomic mass is 32.2. The third kappa shape index (κ3) is 6.24. The van der Waals surface area contributed by atoms with Gasteiger partial charge in [0.15, 0.2) is 0 Å². The Morgan fingerprint density at radius 3 is 1.30 bits per heavy atom. The molecule has 0 amide bonds. The standard InChI is InChI=1S/C36H40O2S2/c1-35(2,3)29-17-23-15-27(33(29)37)20-28-16-24(18-30(34(28)38)36(4,5)6)22-40-32-14-10-8-12-26(32)19-25-11-7-9-13-31(25)39-21-23/h7-18,37-38H,19-22H2,1-6H3. The molecule has 0 spiro atoms. The molecular formula is C36H40O2S2. The number of aromatic hydroxyl groups is 2. The number of benzene rings is 4. The minimum Gasteiger partial charge on any atom is -0.507 e. The number of thioether (sulfide) groups is 2. The van der Waals surface area contributed by atoms with Crippen molar-refractivity contribution >= 4 is 23.5 Å². The van der Waals surface area contributed by atoms with Crippen LogP contribution in [0, 0.1) is 0 Å². The van der Waals surface area contributed by atoms with Crippen molar-refractivity contribution in [1.82, 2.24) is 0 Å². The van der Waals surface area contributed by atoms with Gasteiger partial charge in [-0.1, -0.05) is 102 Å². The Morgan fingerprint density at radius 2 is 0.900 bits per heavy atom. The molecule has 208 valence electrons. The first-order chi connectivity index (χ1) is 18.9. The van der Waals surface area contributed by atoms with Crippen LogP contribution < -0.4 is 0 Å². The van der Waals surface area contributed by atoms with E-state index in [0.29, 0.717) is 17.9 Å². The molecular weight excluding hydrogens is 529 g/mol. The van der Waals surface area contributed by atoms with Crippen LogP contribution in [0.3, 0.4) is 0 Å². The maximum Gasteiger partial charge on any atom is 0.122 e. The molecule has 4 aromatic rings. The average Bonchev–Trinajstić information content (AvgIpc) is 2.88. The van der Waals surface area contributed by atoms with Crippen molar-refractivity contribution in [1.29, 1.82) is 0 Å². The summed E-state index contributed by atoms with van der Waals surface area (Å²) in [5, 5.41) is 23.0. The van der Waals surface area contributed by atoms with Crippen LogP contribution in [-0.2, 0) is 35.2 Å². The Balaban J connectivity index is 1.70. The summed E-state index contributed by atoms with van der Waals surface area (Å²) in [7, 11) is 0. The third-order valence-electron chi connectivity index (χ3n) is 7.61. The predicted octanol–water partition coefficient (Wildman–Crippen LogP) is 9.77. The maximum atomic E-state index is 11.5. The summed E-state index contributed by atoms with van der Waals surface area (Å²) in [6.45, 7) is 12.9. The van der Waals surface area contributed by atoms with Gasteiger partial charge in [-0.15, -0.1) is 23.5 Å². The minimum atomic E-state index is -0.209. The molecule has 1 heterocycles. The zero-order valence-corrected chi connectivity index (χ0v) is 26.1. The molecule has 2 N–H and O–H groups in total. The average molecular weight is 569 g/mol. The molecule has 0 unspecified atom stereocenters. The Hall–Kier alpha value is -2.82. The molecule has 0 radical (unpaired) electrons. The van der Waals surface area contributed by atoms with Gasteiger partial charge in [0.1, 0.15) is 11.5 Å². The van der Waals surface area contributed by atoms with Crippen LogP contribution in [0.25, 0.3) is 0 Å². The highest BCUT2D eigenvalue weighted by Gasteiger charge is 2.25. The summed E-state index contributed by atoms with van der Waals surface area (Å²) >= 11 is 3.71. The summed E-state index contributed by atoms with van der Waals surface area (Å²) in [5.41, 5.74) is 8.27. The first kappa shape index (κ1) is 28.7. The third-order valence-corrected chi connectivity index (χ3v) is 9.98. The van der Waals surface area contributed by atoms with E-state index in [1.165, 1.54) is 32.0 Å². The van der Waals surface area contributed by atoms with Crippen LogP contribution in [0.5, 0.6) is 11.5 Å². The zero-order valence-electron chi connectivity index (χ0n) is 24.5. The summed E-state index contributed by atoms with van der Waals surface area (Å²) in [6.07, 6.45) is 1.36. The number of hydrogen-bond donors (Lipinski definition) is 2. The van der Waals surface area contributed by atoms with Gasteiger partial charge >= 0.3 is 0 Å². The van der Waals surface area contributed by atoms with E-state index in [1.54, 1.807) is 0 Å². The fourth-order valence-electron chi connectivity index (χ4n) is 5.41. The Morgan fingerprint density at radius 1 is 0.525 bits per heavy atom. The first-order valence-electron chi connectivity index (χ1n) is 14.0. The van der Waals surface area contributed by atoms with E-state index in [1.807, 2.05) is 23.5 Å². The van der Waals surface area contributed by atoms with E-state index in [2.05, 4.69) is 114 Å². The molecule has 0 aliphatic carbocycles. The van der Waals surface area contributed by atoms with Crippen molar-refractivity contribution in [3.63, 3.8) is 0 Å². The SMILES string of the molecule is CC(C)(C)c1cc2cc(c1O)Cc1cc(cc(C(C)(C)C)c1O)CSc1ccccc1Cc1ccccc1SC2. The van der Waals surface area contributed by atoms with Gasteiger partial charge in [-0.3, -0.25) is 0 Å². The molecule has 5 rings (SSSR count). The second kappa shape index (κ2) is 11.2. The van der Waals surface area contributed by atoms with Gasteiger partial charge in [0.05, 0.1) is 0 Å². The van der Waals surface area contributed by atoms with Crippen LogP contribution in [-0.4, -0.2) is 10.2 Å². The van der Waals surface area contributed by atoms with Crippen LogP contribution in [0.4, 0.5) is 0 Å². The second-order valence-electron chi connectivity index (χ2n) is 12.9. The predicted molar refractivity (Wildman–Crippen MR) is 171 cm³/mol.